The number of benzene rings is 3. The maximum absolute atomic E-state index is 12.6. The molecular weight excluding hydrogens is 528 g/mol. The Labute approximate surface area is 233 Å². The zero-order valence-corrected chi connectivity index (χ0v) is 23.0. The molecule has 4 aromatic rings. The fourth-order valence-electron chi connectivity index (χ4n) is 3.97. The molecule has 10 heteroatoms. The first kappa shape index (κ1) is 28.5. The molecule has 0 radical (unpaired) electrons. The molecule has 0 aliphatic heterocycles. The van der Waals surface area contributed by atoms with Gasteiger partial charge >= 0.3 is 0 Å². The molecule has 206 valence electrons. The van der Waals surface area contributed by atoms with Gasteiger partial charge in [-0.3, -0.25) is 25.4 Å². The number of para-hydroxylation sites is 1. The molecule has 2 amide bonds. The Morgan fingerprint density at radius 2 is 1.60 bits per heavy atom. The van der Waals surface area contributed by atoms with Gasteiger partial charge in [0.05, 0.1) is 4.90 Å². The summed E-state index contributed by atoms with van der Waals surface area (Å²) in [5.74, 6) is -0.336. The summed E-state index contributed by atoms with van der Waals surface area (Å²) in [5, 5.41) is 0.989. The van der Waals surface area contributed by atoms with Gasteiger partial charge in [-0.2, -0.15) is 4.31 Å². The monoisotopic (exact) mass is 558 g/mol. The van der Waals surface area contributed by atoms with E-state index in [0.717, 1.165) is 16.5 Å². The molecule has 0 bridgehead atoms. The van der Waals surface area contributed by atoms with Gasteiger partial charge in [0.1, 0.15) is 17.9 Å². The van der Waals surface area contributed by atoms with Crippen LogP contribution in [0.4, 0.5) is 0 Å². The SMILES string of the molecule is CCN(CC)S(=O)(=O)c1ccc(C=CC(=O)NNC(=O)c2ccc(COc3cccc4cccnc34)cc2)cc1. The van der Waals surface area contributed by atoms with Crippen LogP contribution in [0.25, 0.3) is 17.0 Å². The van der Waals surface area contributed by atoms with Gasteiger partial charge in [-0.15, -0.1) is 0 Å². The number of nitrogens with one attached hydrogen (secondary N) is 2. The number of carbonyl (C=O) groups is 2. The van der Waals surface area contributed by atoms with E-state index >= 15 is 0 Å². The number of nitrogens with zero attached hydrogens (tertiary/aromatic N) is 2. The molecule has 0 spiro atoms. The van der Waals surface area contributed by atoms with Crippen molar-refractivity contribution in [2.24, 2.45) is 0 Å². The molecule has 1 heterocycles. The number of sulfonamides is 1. The Hall–Kier alpha value is -4.54. The van der Waals surface area contributed by atoms with Gasteiger partial charge in [-0.05, 0) is 53.6 Å². The fourth-order valence-corrected chi connectivity index (χ4v) is 5.43. The van der Waals surface area contributed by atoms with Crippen molar-refractivity contribution in [1.82, 2.24) is 20.1 Å². The number of ether oxygens (including phenoxy) is 1. The Morgan fingerprint density at radius 1 is 0.900 bits per heavy atom. The zero-order chi connectivity index (χ0) is 28.5. The van der Waals surface area contributed by atoms with Crippen LogP contribution in [-0.4, -0.2) is 42.6 Å². The van der Waals surface area contributed by atoms with Crippen molar-refractivity contribution < 1.29 is 22.7 Å². The highest BCUT2D eigenvalue weighted by molar-refractivity contribution is 7.89. The molecule has 9 nitrogen and oxygen atoms in total. The molecular formula is C30H30N4O5S. The van der Waals surface area contributed by atoms with E-state index in [4.69, 9.17) is 4.74 Å². The van der Waals surface area contributed by atoms with Crippen LogP contribution in [0.5, 0.6) is 5.75 Å². The number of carbonyl (C=O) groups excluding carboxylic acids is 2. The topological polar surface area (TPSA) is 118 Å². The Morgan fingerprint density at radius 3 is 2.30 bits per heavy atom. The number of hydrogen-bond acceptors (Lipinski definition) is 6. The predicted molar refractivity (Wildman–Crippen MR) is 154 cm³/mol. The van der Waals surface area contributed by atoms with Gasteiger partial charge in [-0.1, -0.05) is 56.3 Å². The normalized spacial score (nSPS) is 11.6. The van der Waals surface area contributed by atoms with E-state index in [1.807, 2.05) is 30.3 Å². The van der Waals surface area contributed by atoms with Crippen molar-refractivity contribution in [3.05, 3.63) is 108 Å². The second-order valence-electron chi connectivity index (χ2n) is 8.75. The zero-order valence-electron chi connectivity index (χ0n) is 22.2. The molecule has 0 saturated heterocycles. The molecule has 0 atom stereocenters. The molecule has 0 unspecified atom stereocenters. The smallest absolute Gasteiger partial charge is 0.269 e. The summed E-state index contributed by atoms with van der Waals surface area (Å²) >= 11 is 0. The van der Waals surface area contributed by atoms with Crippen molar-refractivity contribution in [1.29, 1.82) is 0 Å². The first-order valence-electron chi connectivity index (χ1n) is 12.8. The lowest BCUT2D eigenvalue weighted by atomic mass is 10.1. The number of fused-ring (bicyclic) bond motifs is 1. The van der Waals surface area contributed by atoms with E-state index < -0.39 is 21.8 Å². The summed E-state index contributed by atoms with van der Waals surface area (Å²) in [4.78, 5) is 29.2. The summed E-state index contributed by atoms with van der Waals surface area (Å²) in [6.07, 6.45) is 4.49. The molecule has 40 heavy (non-hydrogen) atoms. The van der Waals surface area contributed by atoms with Crippen molar-refractivity contribution >= 4 is 38.8 Å². The number of amides is 2. The van der Waals surface area contributed by atoms with Crippen molar-refractivity contribution in [2.45, 2.75) is 25.3 Å². The highest BCUT2D eigenvalue weighted by Gasteiger charge is 2.21. The minimum Gasteiger partial charge on any atom is -0.487 e. The van der Waals surface area contributed by atoms with Crippen LogP contribution in [0.1, 0.15) is 35.3 Å². The van der Waals surface area contributed by atoms with Crippen molar-refractivity contribution in [2.75, 3.05) is 13.1 Å². The first-order valence-corrected chi connectivity index (χ1v) is 14.2. The van der Waals surface area contributed by atoms with Gasteiger partial charge in [0, 0.05) is 36.3 Å². The lowest BCUT2D eigenvalue weighted by Crippen LogP contribution is -2.40. The standard InChI is InChI=1S/C30H30N4O5S/c1-3-34(4-2)40(37,38)26-17-12-22(13-18-26)14-19-28(35)32-33-30(36)25-15-10-23(11-16-25)21-39-27-9-5-7-24-8-6-20-31-29(24)27/h5-20H,3-4,21H2,1-2H3,(H,32,35)(H,33,36). The third-order valence-electron chi connectivity index (χ3n) is 6.16. The average molecular weight is 559 g/mol. The largest absolute Gasteiger partial charge is 0.487 e. The maximum Gasteiger partial charge on any atom is 0.269 e. The fraction of sp³-hybridized carbons (Fsp3) is 0.167. The molecule has 0 aliphatic rings. The van der Waals surface area contributed by atoms with E-state index in [-0.39, 0.29) is 4.90 Å². The third kappa shape index (κ3) is 6.90. The van der Waals surface area contributed by atoms with Crippen LogP contribution in [0.2, 0.25) is 0 Å². The van der Waals surface area contributed by atoms with E-state index in [0.29, 0.717) is 36.6 Å². The Balaban J connectivity index is 1.27. The lowest BCUT2D eigenvalue weighted by Gasteiger charge is -2.18. The summed E-state index contributed by atoms with van der Waals surface area (Å²) in [6, 6.07) is 22.7. The molecule has 1 aromatic heterocycles. The van der Waals surface area contributed by atoms with Crippen LogP contribution >= 0.6 is 0 Å². The maximum atomic E-state index is 12.6. The quantitative estimate of drug-likeness (QED) is 0.221. The van der Waals surface area contributed by atoms with Crippen molar-refractivity contribution in [3.63, 3.8) is 0 Å². The van der Waals surface area contributed by atoms with Gasteiger partial charge in [0.25, 0.3) is 11.8 Å². The summed E-state index contributed by atoms with van der Waals surface area (Å²) < 4.78 is 32.5. The summed E-state index contributed by atoms with van der Waals surface area (Å²) in [5.41, 5.74) is 7.36. The summed E-state index contributed by atoms with van der Waals surface area (Å²) in [7, 11) is -3.55. The molecule has 3 aromatic carbocycles. The minimum atomic E-state index is -3.55. The number of rotatable bonds is 10. The molecule has 2 N–H and O–H groups in total. The first-order chi connectivity index (χ1) is 19.3. The average Bonchev–Trinajstić information content (AvgIpc) is 2.98. The summed E-state index contributed by atoms with van der Waals surface area (Å²) in [6.45, 7) is 4.64. The third-order valence-corrected chi connectivity index (χ3v) is 8.22. The molecule has 0 fully saturated rings. The van der Waals surface area contributed by atoms with Crippen LogP contribution < -0.4 is 15.6 Å². The molecule has 4 rings (SSSR count). The van der Waals surface area contributed by atoms with Crippen LogP contribution in [0.15, 0.2) is 96.0 Å². The Bertz CT molecular complexity index is 1610. The number of aromatic nitrogens is 1. The highest BCUT2D eigenvalue weighted by atomic mass is 32.2. The number of hydrazine groups is 1. The number of pyridine rings is 1. The van der Waals surface area contributed by atoms with E-state index in [2.05, 4.69) is 15.8 Å². The van der Waals surface area contributed by atoms with E-state index in [1.165, 1.54) is 28.6 Å². The van der Waals surface area contributed by atoms with Gasteiger partial charge < -0.3 is 4.74 Å². The molecule has 0 aliphatic carbocycles. The van der Waals surface area contributed by atoms with E-state index in [9.17, 15) is 18.0 Å². The minimum absolute atomic E-state index is 0.188. The second-order valence-corrected chi connectivity index (χ2v) is 10.7. The Kier molecular flexibility index (Phi) is 9.26. The van der Waals surface area contributed by atoms with Crippen LogP contribution in [-0.2, 0) is 21.4 Å². The predicted octanol–water partition coefficient (Wildman–Crippen LogP) is 4.32. The van der Waals surface area contributed by atoms with Crippen LogP contribution in [0, 0.1) is 0 Å². The highest BCUT2D eigenvalue weighted by Crippen LogP contribution is 2.24. The van der Waals surface area contributed by atoms with Gasteiger partial charge in [0.15, 0.2) is 0 Å². The van der Waals surface area contributed by atoms with Gasteiger partial charge in [0.2, 0.25) is 10.0 Å². The van der Waals surface area contributed by atoms with E-state index in [1.54, 1.807) is 56.4 Å². The number of hydrogen-bond donors (Lipinski definition) is 2. The van der Waals surface area contributed by atoms with Crippen molar-refractivity contribution in [3.8, 4) is 5.75 Å². The lowest BCUT2D eigenvalue weighted by molar-refractivity contribution is -0.117. The van der Waals surface area contributed by atoms with Crippen LogP contribution in [0.3, 0.4) is 0 Å². The second kappa shape index (κ2) is 13.0. The molecule has 0 saturated carbocycles. The van der Waals surface area contributed by atoms with Gasteiger partial charge in [-0.25, -0.2) is 8.42 Å².